The lowest BCUT2D eigenvalue weighted by Gasteiger charge is -2.21. The summed E-state index contributed by atoms with van der Waals surface area (Å²) in [6.07, 6.45) is 0.544. The number of hydrogen-bond donors (Lipinski definition) is 2. The first-order chi connectivity index (χ1) is 9.42. The molecule has 4 nitrogen and oxygen atoms in total. The predicted octanol–water partition coefficient (Wildman–Crippen LogP) is 1.55. The lowest BCUT2D eigenvalue weighted by atomic mass is 10.0. The summed E-state index contributed by atoms with van der Waals surface area (Å²) in [6, 6.07) is 6.13. The zero-order chi connectivity index (χ0) is 14.8. The molecule has 1 amide bonds. The SMILES string of the molecule is Cc1cc(CNC(=O)[C@]2(O)CCSC2)ccc1N(C)C. The Morgan fingerprint density at radius 1 is 1.50 bits per heavy atom. The number of aryl methyl sites for hydroxylation is 1. The molecule has 5 heteroatoms. The number of carbonyl (C=O) groups excluding carboxylic acids is 1. The molecule has 1 aromatic carbocycles. The topological polar surface area (TPSA) is 52.6 Å². The first-order valence-corrected chi connectivity index (χ1v) is 7.93. The maximum absolute atomic E-state index is 12.0. The summed E-state index contributed by atoms with van der Waals surface area (Å²) in [4.78, 5) is 14.1. The highest BCUT2D eigenvalue weighted by Crippen LogP contribution is 2.28. The van der Waals surface area contributed by atoms with E-state index in [-0.39, 0.29) is 5.91 Å². The second-order valence-electron chi connectivity index (χ2n) is 5.53. The number of amides is 1. The van der Waals surface area contributed by atoms with E-state index in [1.165, 1.54) is 11.3 Å². The van der Waals surface area contributed by atoms with Gasteiger partial charge in [0.1, 0.15) is 0 Å². The van der Waals surface area contributed by atoms with Crippen molar-refractivity contribution in [2.24, 2.45) is 0 Å². The minimum atomic E-state index is -1.18. The summed E-state index contributed by atoms with van der Waals surface area (Å²) in [5.41, 5.74) is 2.22. The van der Waals surface area contributed by atoms with Gasteiger partial charge in [-0.3, -0.25) is 4.79 Å². The molecule has 0 radical (unpaired) electrons. The summed E-state index contributed by atoms with van der Waals surface area (Å²) in [6.45, 7) is 2.52. The molecular formula is C15H22N2O2S. The van der Waals surface area contributed by atoms with Crippen molar-refractivity contribution in [3.05, 3.63) is 29.3 Å². The van der Waals surface area contributed by atoms with E-state index >= 15 is 0 Å². The molecule has 1 heterocycles. The lowest BCUT2D eigenvalue weighted by molar-refractivity contribution is -0.137. The van der Waals surface area contributed by atoms with Gasteiger partial charge in [0.2, 0.25) is 0 Å². The van der Waals surface area contributed by atoms with Crippen LogP contribution in [0.1, 0.15) is 17.5 Å². The van der Waals surface area contributed by atoms with Gasteiger partial charge >= 0.3 is 0 Å². The maximum atomic E-state index is 12.0. The molecule has 0 aromatic heterocycles. The number of hydrogen-bond acceptors (Lipinski definition) is 4. The summed E-state index contributed by atoms with van der Waals surface area (Å²) >= 11 is 1.62. The van der Waals surface area contributed by atoms with Crippen LogP contribution in [0.2, 0.25) is 0 Å². The van der Waals surface area contributed by atoms with Gasteiger partial charge < -0.3 is 15.3 Å². The molecule has 0 aliphatic carbocycles. The van der Waals surface area contributed by atoms with E-state index in [9.17, 15) is 9.90 Å². The molecule has 1 aliphatic rings. The zero-order valence-electron chi connectivity index (χ0n) is 12.3. The second kappa shape index (κ2) is 6.06. The van der Waals surface area contributed by atoms with E-state index in [0.29, 0.717) is 18.7 Å². The summed E-state index contributed by atoms with van der Waals surface area (Å²) < 4.78 is 0. The fourth-order valence-electron chi connectivity index (χ4n) is 2.41. The largest absolute Gasteiger partial charge is 0.379 e. The van der Waals surface area contributed by atoms with E-state index in [1.54, 1.807) is 11.8 Å². The average Bonchev–Trinajstić information content (AvgIpc) is 2.84. The van der Waals surface area contributed by atoms with Gasteiger partial charge in [-0.25, -0.2) is 0 Å². The highest BCUT2D eigenvalue weighted by atomic mass is 32.2. The zero-order valence-corrected chi connectivity index (χ0v) is 13.1. The van der Waals surface area contributed by atoms with Crippen LogP contribution in [0.15, 0.2) is 18.2 Å². The van der Waals surface area contributed by atoms with Crippen LogP contribution in [0.5, 0.6) is 0 Å². The van der Waals surface area contributed by atoms with Crippen molar-refractivity contribution in [1.29, 1.82) is 0 Å². The minimum absolute atomic E-state index is 0.253. The van der Waals surface area contributed by atoms with Crippen LogP contribution in [-0.4, -0.2) is 42.2 Å². The van der Waals surface area contributed by atoms with Crippen molar-refractivity contribution in [3.8, 4) is 0 Å². The van der Waals surface area contributed by atoms with Gasteiger partial charge in [0.25, 0.3) is 5.91 Å². The number of aliphatic hydroxyl groups is 1. The van der Waals surface area contributed by atoms with Crippen LogP contribution in [0.4, 0.5) is 5.69 Å². The molecule has 20 heavy (non-hydrogen) atoms. The molecule has 0 unspecified atom stereocenters. The molecule has 0 spiro atoms. The van der Waals surface area contributed by atoms with E-state index in [2.05, 4.69) is 29.3 Å². The molecule has 0 bridgehead atoms. The smallest absolute Gasteiger partial charge is 0.253 e. The van der Waals surface area contributed by atoms with Crippen LogP contribution in [-0.2, 0) is 11.3 Å². The van der Waals surface area contributed by atoms with Crippen molar-refractivity contribution in [3.63, 3.8) is 0 Å². The standard InChI is InChI=1S/C15H22N2O2S/c1-11-8-12(4-5-13(11)17(2)3)9-16-14(18)15(19)6-7-20-10-15/h4-5,8,19H,6-7,9-10H2,1-3H3,(H,16,18)/t15-/m0/s1. The quantitative estimate of drug-likeness (QED) is 0.884. The average molecular weight is 294 g/mol. The molecule has 110 valence electrons. The molecule has 1 saturated heterocycles. The van der Waals surface area contributed by atoms with Gasteiger partial charge in [-0.1, -0.05) is 12.1 Å². The molecule has 2 rings (SSSR count). The van der Waals surface area contributed by atoms with Crippen molar-refractivity contribution < 1.29 is 9.90 Å². The normalized spacial score (nSPS) is 21.8. The number of nitrogens with one attached hydrogen (secondary N) is 1. The van der Waals surface area contributed by atoms with Gasteiger partial charge in [0, 0.05) is 32.1 Å². The van der Waals surface area contributed by atoms with Crippen molar-refractivity contribution in [1.82, 2.24) is 5.32 Å². The van der Waals surface area contributed by atoms with E-state index in [1.807, 2.05) is 20.2 Å². The number of benzene rings is 1. The highest BCUT2D eigenvalue weighted by Gasteiger charge is 2.39. The van der Waals surface area contributed by atoms with E-state index in [4.69, 9.17) is 0 Å². The number of carbonyl (C=O) groups is 1. The van der Waals surface area contributed by atoms with E-state index < -0.39 is 5.60 Å². The van der Waals surface area contributed by atoms with E-state index in [0.717, 1.165) is 11.3 Å². The van der Waals surface area contributed by atoms with Crippen LogP contribution >= 0.6 is 11.8 Å². The van der Waals surface area contributed by atoms with Crippen LogP contribution in [0.3, 0.4) is 0 Å². The number of rotatable bonds is 4. The molecule has 2 N–H and O–H groups in total. The maximum Gasteiger partial charge on any atom is 0.253 e. The summed E-state index contributed by atoms with van der Waals surface area (Å²) in [5.74, 6) is 1.09. The first kappa shape index (κ1) is 15.2. The third-order valence-corrected chi connectivity index (χ3v) is 4.79. The molecule has 1 aliphatic heterocycles. The first-order valence-electron chi connectivity index (χ1n) is 6.78. The Bertz CT molecular complexity index is 497. The van der Waals surface area contributed by atoms with Crippen LogP contribution < -0.4 is 10.2 Å². The Kier molecular flexibility index (Phi) is 4.60. The molecule has 1 aromatic rings. The van der Waals surface area contributed by atoms with Crippen molar-refractivity contribution >= 4 is 23.4 Å². The third-order valence-electron chi connectivity index (χ3n) is 3.62. The van der Waals surface area contributed by atoms with Crippen molar-refractivity contribution in [2.45, 2.75) is 25.5 Å². The number of thioether (sulfide) groups is 1. The van der Waals surface area contributed by atoms with Crippen molar-refractivity contribution in [2.75, 3.05) is 30.5 Å². The molecular weight excluding hydrogens is 272 g/mol. The fourth-order valence-corrected chi connectivity index (χ4v) is 3.65. The molecule has 1 fully saturated rings. The Balaban J connectivity index is 1.97. The van der Waals surface area contributed by atoms with Gasteiger partial charge in [-0.2, -0.15) is 11.8 Å². The summed E-state index contributed by atoms with van der Waals surface area (Å²) in [7, 11) is 4.02. The van der Waals surface area contributed by atoms with Crippen LogP contribution in [0.25, 0.3) is 0 Å². The predicted molar refractivity (Wildman–Crippen MR) is 84.2 cm³/mol. The minimum Gasteiger partial charge on any atom is -0.379 e. The summed E-state index contributed by atoms with van der Waals surface area (Å²) in [5, 5.41) is 13.0. The second-order valence-corrected chi connectivity index (χ2v) is 6.64. The Morgan fingerprint density at radius 2 is 2.25 bits per heavy atom. The van der Waals surface area contributed by atoms with Gasteiger partial charge in [-0.05, 0) is 36.3 Å². The Hall–Kier alpha value is -1.20. The highest BCUT2D eigenvalue weighted by molar-refractivity contribution is 7.99. The van der Waals surface area contributed by atoms with Gasteiger partial charge in [0.05, 0.1) is 0 Å². The molecule has 1 atom stereocenters. The third kappa shape index (κ3) is 3.27. The Morgan fingerprint density at radius 3 is 2.80 bits per heavy atom. The lowest BCUT2D eigenvalue weighted by Crippen LogP contribution is -2.46. The van der Waals surface area contributed by atoms with Gasteiger partial charge in [-0.15, -0.1) is 0 Å². The number of nitrogens with zero attached hydrogens (tertiary/aromatic N) is 1. The fraction of sp³-hybridized carbons (Fsp3) is 0.533. The monoisotopic (exact) mass is 294 g/mol. The van der Waals surface area contributed by atoms with Gasteiger partial charge in [0.15, 0.2) is 5.60 Å². The number of anilines is 1. The molecule has 0 saturated carbocycles. The van der Waals surface area contributed by atoms with Crippen LogP contribution in [0, 0.1) is 6.92 Å². The Labute approximate surface area is 124 Å².